The maximum absolute atomic E-state index is 14.5. The highest BCUT2D eigenvalue weighted by Crippen LogP contribution is 2.49. The minimum atomic E-state index is -1.68. The fraction of sp³-hybridized carbons (Fsp3) is 0.0857. The molecule has 0 N–H and O–H groups in total. The van der Waals surface area contributed by atoms with Gasteiger partial charge in [0.15, 0.2) is 0 Å². The van der Waals surface area contributed by atoms with E-state index in [1.54, 1.807) is 48.5 Å². The van der Waals surface area contributed by atoms with Crippen molar-refractivity contribution < 1.29 is 17.6 Å². The van der Waals surface area contributed by atoms with Gasteiger partial charge in [0.1, 0.15) is 23.3 Å². The Hall–Kier alpha value is -8.57. The van der Waals surface area contributed by atoms with Gasteiger partial charge in [-0.05, 0) is 187 Å². The van der Waals surface area contributed by atoms with Crippen LogP contribution < -0.4 is 20.2 Å². The van der Waals surface area contributed by atoms with Gasteiger partial charge >= 0.3 is 0 Å². The summed E-state index contributed by atoms with van der Waals surface area (Å²) in [6, 6.07) is 74.8. The van der Waals surface area contributed by atoms with Crippen molar-refractivity contribution in [3.63, 3.8) is 0 Å². The predicted molar refractivity (Wildman–Crippen MR) is 327 cm³/mol. The van der Waals surface area contributed by atoms with E-state index in [9.17, 15) is 17.6 Å². The average Bonchev–Trinajstić information content (AvgIpc) is 3.63. The topological polar surface area (TPSA) is 6.48 Å². The molecule has 78 heavy (non-hydrogen) atoms. The molecule has 0 aliphatic rings. The minimum absolute atomic E-state index is 0.314. The van der Waals surface area contributed by atoms with Crippen LogP contribution in [0.2, 0.25) is 39.3 Å². The summed E-state index contributed by atoms with van der Waals surface area (Å²) < 4.78 is 57.9. The molecule has 0 aromatic heterocycles. The highest BCUT2D eigenvalue weighted by molar-refractivity contribution is 6.89. The minimum Gasteiger partial charge on any atom is -0.310 e. The Bertz CT molecular complexity index is 3770. The Labute approximate surface area is 455 Å². The molecule has 0 atom stereocenters. The first-order chi connectivity index (χ1) is 37.5. The summed E-state index contributed by atoms with van der Waals surface area (Å²) in [5.41, 5.74) is 12.6. The van der Waals surface area contributed by atoms with Crippen LogP contribution in [0.4, 0.5) is 51.7 Å². The number of benzene rings is 12. The summed E-state index contributed by atoms with van der Waals surface area (Å²) >= 11 is 0. The highest BCUT2D eigenvalue weighted by atomic mass is 28.3. The molecule has 8 heteroatoms. The van der Waals surface area contributed by atoms with Crippen molar-refractivity contribution in [2.24, 2.45) is 0 Å². The SMILES string of the molecule is C[Si](C)(C)c1ccc(N(c2cc(-c3ccc(F)cc3)cc(-c3ccc(F)cc3)c2)c2ccc3ccc4c(N(c5ccc([Si](C)(C)C)cc5)c5cc(-c6ccc(F)cc6)cc(-c6ccc(F)cc6)c5)ccc5ccc2c3c54)cc1. The van der Waals surface area contributed by atoms with Crippen molar-refractivity contribution in [2.45, 2.75) is 39.3 Å². The van der Waals surface area contributed by atoms with Crippen LogP contribution in [0.3, 0.4) is 0 Å². The van der Waals surface area contributed by atoms with Crippen LogP contribution in [0, 0.1) is 23.3 Å². The van der Waals surface area contributed by atoms with Crippen molar-refractivity contribution >= 4 is 93.0 Å². The molecular formula is C70H56F4N2Si2. The first kappa shape index (κ1) is 50.3. The molecule has 0 unspecified atom stereocenters. The maximum atomic E-state index is 14.5. The molecule has 0 aliphatic carbocycles. The van der Waals surface area contributed by atoms with Crippen LogP contribution in [-0.2, 0) is 0 Å². The lowest BCUT2D eigenvalue weighted by atomic mass is 9.91. The number of rotatable bonds is 12. The molecule has 0 aliphatic heterocycles. The van der Waals surface area contributed by atoms with E-state index in [1.807, 2.05) is 0 Å². The molecule has 12 rings (SSSR count). The Morgan fingerprint density at radius 3 is 0.795 bits per heavy atom. The number of nitrogens with zero attached hydrogens (tertiary/aromatic N) is 2. The predicted octanol–water partition coefficient (Wildman–Crippen LogP) is 19.8. The van der Waals surface area contributed by atoms with Gasteiger partial charge in [-0.2, -0.15) is 0 Å². The first-order valence-corrected chi connectivity index (χ1v) is 33.4. The summed E-state index contributed by atoms with van der Waals surface area (Å²) in [6.07, 6.45) is 0. The smallest absolute Gasteiger partial charge is 0.123 e. The fourth-order valence-electron chi connectivity index (χ4n) is 11.0. The summed E-state index contributed by atoms with van der Waals surface area (Å²) in [6.45, 7) is 14.1. The second kappa shape index (κ2) is 19.8. The quantitative estimate of drug-likeness (QED) is 0.0683. The fourth-order valence-corrected chi connectivity index (χ4v) is 13.3. The number of anilines is 6. The van der Waals surface area contributed by atoms with Crippen LogP contribution >= 0.6 is 0 Å². The van der Waals surface area contributed by atoms with E-state index in [1.165, 1.54) is 58.9 Å². The molecule has 0 heterocycles. The lowest BCUT2D eigenvalue weighted by Gasteiger charge is -2.31. The Morgan fingerprint density at radius 2 is 0.526 bits per heavy atom. The summed E-state index contributed by atoms with van der Waals surface area (Å²) in [7, 11) is -3.37. The molecule has 12 aromatic rings. The van der Waals surface area contributed by atoms with Crippen LogP contribution in [0.25, 0.3) is 76.8 Å². The van der Waals surface area contributed by atoms with Gasteiger partial charge in [-0.25, -0.2) is 17.6 Å². The van der Waals surface area contributed by atoms with Crippen LogP contribution in [0.5, 0.6) is 0 Å². The third-order valence-corrected chi connectivity index (χ3v) is 19.3. The van der Waals surface area contributed by atoms with Gasteiger partial charge in [-0.3, -0.25) is 0 Å². The third kappa shape index (κ3) is 9.67. The van der Waals surface area contributed by atoms with Gasteiger partial charge in [0.25, 0.3) is 0 Å². The zero-order valence-electron chi connectivity index (χ0n) is 44.3. The summed E-state index contributed by atoms with van der Waals surface area (Å²) in [4.78, 5) is 4.65. The largest absolute Gasteiger partial charge is 0.310 e. The molecule has 0 bridgehead atoms. The van der Waals surface area contributed by atoms with Crippen LogP contribution in [0.15, 0.2) is 231 Å². The van der Waals surface area contributed by atoms with Gasteiger partial charge in [-0.1, -0.05) is 159 Å². The lowest BCUT2D eigenvalue weighted by molar-refractivity contribution is 0.627. The molecule has 0 saturated heterocycles. The van der Waals surface area contributed by atoms with Crippen molar-refractivity contribution in [2.75, 3.05) is 9.80 Å². The van der Waals surface area contributed by atoms with E-state index in [0.717, 1.165) is 111 Å². The molecule has 0 radical (unpaired) electrons. The van der Waals surface area contributed by atoms with E-state index in [2.05, 4.69) is 183 Å². The van der Waals surface area contributed by atoms with Gasteiger partial charge in [0.2, 0.25) is 0 Å². The average molecular weight is 1060 g/mol. The molecule has 2 nitrogen and oxygen atoms in total. The summed E-state index contributed by atoms with van der Waals surface area (Å²) in [5.74, 6) is -1.26. The number of hydrogen-bond acceptors (Lipinski definition) is 2. The van der Waals surface area contributed by atoms with Crippen molar-refractivity contribution in [1.29, 1.82) is 0 Å². The third-order valence-electron chi connectivity index (χ3n) is 15.1. The Kier molecular flexibility index (Phi) is 12.7. The van der Waals surface area contributed by atoms with Crippen molar-refractivity contribution in [3.8, 4) is 44.5 Å². The molecule has 0 saturated carbocycles. The normalized spacial score (nSPS) is 12.0. The van der Waals surface area contributed by atoms with E-state index in [0.29, 0.717) is 0 Å². The molecule has 0 spiro atoms. The molecule has 0 amide bonds. The molecular weight excluding hydrogens is 1000 g/mol. The highest BCUT2D eigenvalue weighted by Gasteiger charge is 2.26. The maximum Gasteiger partial charge on any atom is 0.123 e. The number of hydrogen-bond donors (Lipinski definition) is 0. The van der Waals surface area contributed by atoms with E-state index in [4.69, 9.17) is 0 Å². The van der Waals surface area contributed by atoms with Gasteiger partial charge < -0.3 is 9.80 Å². The molecule has 0 fully saturated rings. The standard InChI is InChI=1S/C70H56F4N2Si2/c1-77(2,3)63-31-27-59(28-32-63)75(61-41-51(45-7-19-55(71)20-8-45)39-52(42-61)46-9-21-56(72)22-10-46)67-37-17-49-16-36-66-68(38-18-50-15-35-65(67)69(49)70(50)66)76(60-29-33-64(34-30-60)78(4,5)6)62-43-53(47-11-23-57(73)24-12-47)40-54(44-62)48-13-25-58(74)26-14-48/h7-44H,1-6H3. The second-order valence-corrected chi connectivity index (χ2v) is 32.6. The summed E-state index contributed by atoms with van der Waals surface area (Å²) in [5, 5.41) is 9.19. The van der Waals surface area contributed by atoms with Crippen molar-refractivity contribution in [1.82, 2.24) is 0 Å². The van der Waals surface area contributed by atoms with Crippen LogP contribution in [0.1, 0.15) is 0 Å². The monoisotopic (exact) mass is 1060 g/mol. The first-order valence-electron chi connectivity index (χ1n) is 26.4. The Morgan fingerprint density at radius 1 is 0.256 bits per heavy atom. The van der Waals surface area contributed by atoms with Gasteiger partial charge in [0, 0.05) is 33.5 Å². The van der Waals surface area contributed by atoms with E-state index < -0.39 is 16.1 Å². The molecule has 382 valence electrons. The second-order valence-electron chi connectivity index (χ2n) is 22.4. The van der Waals surface area contributed by atoms with E-state index in [-0.39, 0.29) is 23.3 Å². The van der Waals surface area contributed by atoms with E-state index >= 15 is 0 Å². The van der Waals surface area contributed by atoms with Gasteiger partial charge in [-0.15, -0.1) is 0 Å². The van der Waals surface area contributed by atoms with Crippen LogP contribution in [-0.4, -0.2) is 16.1 Å². The lowest BCUT2D eigenvalue weighted by Crippen LogP contribution is -2.37. The van der Waals surface area contributed by atoms with Crippen molar-refractivity contribution in [3.05, 3.63) is 254 Å². The zero-order valence-corrected chi connectivity index (χ0v) is 46.3. The number of halogens is 4. The van der Waals surface area contributed by atoms with Gasteiger partial charge in [0.05, 0.1) is 27.5 Å². The Balaban J connectivity index is 1.11. The molecule has 12 aromatic carbocycles. The zero-order chi connectivity index (χ0) is 54.0.